The fourth-order valence-electron chi connectivity index (χ4n) is 2.04. The lowest BCUT2D eigenvalue weighted by Crippen LogP contribution is -2.29. The number of hydrogen-bond donors (Lipinski definition) is 3. The Hall–Kier alpha value is -2.76. The van der Waals surface area contributed by atoms with Gasteiger partial charge in [0.25, 0.3) is 0 Å². The maximum Gasteiger partial charge on any atom is 0.337 e. The van der Waals surface area contributed by atoms with E-state index in [1.807, 2.05) is 6.07 Å². The van der Waals surface area contributed by atoms with Crippen molar-refractivity contribution in [3.8, 4) is 0 Å². The van der Waals surface area contributed by atoms with Gasteiger partial charge in [0.05, 0.1) is 24.1 Å². The highest BCUT2D eigenvalue weighted by Crippen LogP contribution is 2.22. The molecule has 0 aliphatic carbocycles. The van der Waals surface area contributed by atoms with Gasteiger partial charge in [0, 0.05) is 0 Å². The summed E-state index contributed by atoms with van der Waals surface area (Å²) in [7, 11) is 0. The van der Waals surface area contributed by atoms with E-state index in [1.54, 1.807) is 26.0 Å². The number of anilines is 1. The van der Waals surface area contributed by atoms with Gasteiger partial charge in [0.15, 0.2) is 0 Å². The van der Waals surface area contributed by atoms with Crippen LogP contribution in [0.5, 0.6) is 0 Å². The number of hydrogen-bond acceptors (Lipinski definition) is 3. The minimum atomic E-state index is -1.08. The Morgan fingerprint density at radius 1 is 1.29 bits per heavy atom. The normalized spacial score (nSPS) is 10.2. The van der Waals surface area contributed by atoms with Crippen molar-refractivity contribution in [3.05, 3.63) is 53.0 Å². The number of nitrogens with one attached hydrogen (secondary N) is 2. The number of rotatable bonds is 4. The minimum absolute atomic E-state index is 0.0700. The molecule has 0 radical (unpaired) electrons. The largest absolute Gasteiger partial charge is 0.478 e. The van der Waals surface area contributed by atoms with Crippen LogP contribution < -0.4 is 10.6 Å². The number of benzene rings is 1. The van der Waals surface area contributed by atoms with Crippen molar-refractivity contribution in [2.24, 2.45) is 0 Å². The van der Waals surface area contributed by atoms with E-state index >= 15 is 0 Å². The summed E-state index contributed by atoms with van der Waals surface area (Å²) >= 11 is 0. The fourth-order valence-corrected chi connectivity index (χ4v) is 2.04. The van der Waals surface area contributed by atoms with E-state index < -0.39 is 12.0 Å². The lowest BCUT2D eigenvalue weighted by molar-refractivity contribution is 0.0698. The van der Waals surface area contributed by atoms with Gasteiger partial charge in [-0.15, -0.1) is 0 Å². The van der Waals surface area contributed by atoms with E-state index in [2.05, 4.69) is 10.6 Å². The maximum absolute atomic E-state index is 11.9. The van der Waals surface area contributed by atoms with Gasteiger partial charge >= 0.3 is 12.0 Å². The van der Waals surface area contributed by atoms with E-state index in [9.17, 15) is 14.7 Å². The fraction of sp³-hybridized carbons (Fsp3) is 0.200. The molecule has 2 amide bonds. The average Bonchev–Trinajstić information content (AvgIpc) is 2.92. The lowest BCUT2D eigenvalue weighted by Gasteiger charge is -2.13. The first-order chi connectivity index (χ1) is 9.97. The summed E-state index contributed by atoms with van der Waals surface area (Å²) in [6.45, 7) is 3.79. The van der Waals surface area contributed by atoms with Crippen LogP contribution in [0.3, 0.4) is 0 Å². The van der Waals surface area contributed by atoms with Crippen LogP contribution in [0.1, 0.15) is 27.2 Å². The van der Waals surface area contributed by atoms with E-state index in [4.69, 9.17) is 4.42 Å². The Bertz CT molecular complexity index is 663. The molecule has 0 saturated heterocycles. The van der Waals surface area contributed by atoms with Crippen molar-refractivity contribution in [1.29, 1.82) is 0 Å². The third-order valence-electron chi connectivity index (χ3n) is 2.95. The number of carboxylic acid groups (broad SMARTS) is 1. The Labute approximate surface area is 121 Å². The minimum Gasteiger partial charge on any atom is -0.478 e. The summed E-state index contributed by atoms with van der Waals surface area (Å²) in [5, 5.41) is 14.4. The van der Waals surface area contributed by atoms with Crippen molar-refractivity contribution in [1.82, 2.24) is 5.32 Å². The summed E-state index contributed by atoms with van der Waals surface area (Å²) in [4.78, 5) is 23.1. The quantitative estimate of drug-likeness (QED) is 0.806. The van der Waals surface area contributed by atoms with Crippen molar-refractivity contribution in [3.63, 3.8) is 0 Å². The second-order valence-electron chi connectivity index (χ2n) is 4.70. The molecule has 0 atom stereocenters. The standard InChI is InChI=1S/C15H16N2O4/c1-9-6-10(2)13(12(7-9)14(18)19)17-15(20)16-8-11-4-3-5-21-11/h3-7H,8H2,1-2H3,(H,18,19)(H2,16,17,20). The Morgan fingerprint density at radius 3 is 2.67 bits per heavy atom. The van der Waals surface area contributed by atoms with Gasteiger partial charge in [-0.3, -0.25) is 0 Å². The van der Waals surface area contributed by atoms with Crippen LogP contribution in [-0.4, -0.2) is 17.1 Å². The lowest BCUT2D eigenvalue weighted by atomic mass is 10.0. The molecule has 1 aromatic heterocycles. The molecular formula is C15H16N2O4. The first-order valence-corrected chi connectivity index (χ1v) is 6.39. The molecule has 0 saturated carbocycles. The monoisotopic (exact) mass is 288 g/mol. The molecular weight excluding hydrogens is 272 g/mol. The number of aromatic carboxylic acids is 1. The van der Waals surface area contributed by atoms with Crippen molar-refractivity contribution in [2.45, 2.75) is 20.4 Å². The smallest absolute Gasteiger partial charge is 0.337 e. The second kappa shape index (κ2) is 6.13. The maximum atomic E-state index is 11.9. The average molecular weight is 288 g/mol. The number of aryl methyl sites for hydroxylation is 2. The van der Waals surface area contributed by atoms with Gasteiger partial charge in [0.2, 0.25) is 0 Å². The predicted molar refractivity (Wildman–Crippen MR) is 77.4 cm³/mol. The van der Waals surface area contributed by atoms with E-state index in [0.29, 0.717) is 17.0 Å². The molecule has 6 heteroatoms. The number of urea groups is 1. The highest BCUT2D eigenvalue weighted by atomic mass is 16.4. The van der Waals surface area contributed by atoms with Crippen molar-refractivity contribution in [2.75, 3.05) is 5.32 Å². The number of carbonyl (C=O) groups is 2. The van der Waals surface area contributed by atoms with Crippen LogP contribution in [0, 0.1) is 13.8 Å². The summed E-state index contributed by atoms with van der Waals surface area (Å²) in [5.41, 5.74) is 1.89. The highest BCUT2D eigenvalue weighted by Gasteiger charge is 2.15. The van der Waals surface area contributed by atoms with Crippen LogP contribution in [0.25, 0.3) is 0 Å². The first kappa shape index (κ1) is 14.6. The molecule has 0 unspecified atom stereocenters. The zero-order valence-corrected chi connectivity index (χ0v) is 11.8. The second-order valence-corrected chi connectivity index (χ2v) is 4.70. The number of carbonyl (C=O) groups excluding carboxylic acids is 1. The molecule has 2 aromatic rings. The first-order valence-electron chi connectivity index (χ1n) is 6.39. The number of furan rings is 1. The van der Waals surface area contributed by atoms with Gasteiger partial charge in [-0.2, -0.15) is 0 Å². The van der Waals surface area contributed by atoms with Crippen LogP contribution in [-0.2, 0) is 6.54 Å². The molecule has 2 rings (SSSR count). The van der Waals surface area contributed by atoms with Crippen LogP contribution >= 0.6 is 0 Å². The van der Waals surface area contributed by atoms with Gasteiger partial charge in [0.1, 0.15) is 5.76 Å². The van der Waals surface area contributed by atoms with Crippen LogP contribution in [0.15, 0.2) is 34.9 Å². The molecule has 0 aliphatic rings. The molecule has 21 heavy (non-hydrogen) atoms. The Morgan fingerprint density at radius 2 is 2.05 bits per heavy atom. The van der Waals surface area contributed by atoms with E-state index in [1.165, 1.54) is 12.3 Å². The third kappa shape index (κ3) is 3.62. The van der Waals surface area contributed by atoms with Crippen LogP contribution in [0.4, 0.5) is 10.5 Å². The summed E-state index contributed by atoms with van der Waals surface area (Å²) in [5.74, 6) is -0.465. The van der Waals surface area contributed by atoms with E-state index in [-0.39, 0.29) is 12.1 Å². The predicted octanol–water partition coefficient (Wildman–Crippen LogP) is 2.92. The molecule has 0 aliphatic heterocycles. The van der Waals surface area contributed by atoms with Gasteiger partial charge in [-0.1, -0.05) is 6.07 Å². The molecule has 1 aromatic carbocycles. The molecule has 1 heterocycles. The molecule has 0 fully saturated rings. The number of carboxylic acids is 1. The summed E-state index contributed by atoms with van der Waals surface area (Å²) < 4.78 is 5.10. The Kier molecular flexibility index (Phi) is 4.27. The van der Waals surface area contributed by atoms with Gasteiger partial charge < -0.3 is 20.2 Å². The third-order valence-corrected chi connectivity index (χ3v) is 2.95. The Balaban J connectivity index is 2.11. The molecule has 110 valence electrons. The molecule has 0 spiro atoms. The zero-order valence-electron chi connectivity index (χ0n) is 11.8. The summed E-state index contributed by atoms with van der Waals surface area (Å²) in [6.07, 6.45) is 1.52. The zero-order chi connectivity index (χ0) is 15.4. The van der Waals surface area contributed by atoms with Crippen LogP contribution in [0.2, 0.25) is 0 Å². The van der Waals surface area contributed by atoms with Gasteiger partial charge in [-0.25, -0.2) is 9.59 Å². The van der Waals surface area contributed by atoms with Gasteiger partial charge in [-0.05, 0) is 43.2 Å². The molecule has 6 nitrogen and oxygen atoms in total. The van der Waals surface area contributed by atoms with E-state index in [0.717, 1.165) is 5.56 Å². The molecule has 3 N–H and O–H groups in total. The SMILES string of the molecule is Cc1cc(C)c(NC(=O)NCc2ccco2)c(C(=O)O)c1. The van der Waals surface area contributed by atoms with Crippen molar-refractivity contribution >= 4 is 17.7 Å². The number of amides is 2. The highest BCUT2D eigenvalue weighted by molar-refractivity contribution is 6.01. The van der Waals surface area contributed by atoms with Crippen molar-refractivity contribution < 1.29 is 19.1 Å². The molecule has 0 bridgehead atoms. The topological polar surface area (TPSA) is 91.6 Å². The summed E-state index contributed by atoms with van der Waals surface area (Å²) in [6, 6.07) is 6.31.